The Morgan fingerprint density at radius 2 is 1.57 bits per heavy atom. The maximum Gasteiger partial charge on any atom is 0.243 e. The average Bonchev–Trinajstić information content (AvgIpc) is 2.69. The Bertz CT molecular complexity index is 761. The minimum absolute atomic E-state index is 0.174. The van der Waals surface area contributed by atoms with Crippen LogP contribution < -0.4 is 0 Å². The van der Waals surface area contributed by atoms with Gasteiger partial charge in [0.15, 0.2) is 0 Å². The summed E-state index contributed by atoms with van der Waals surface area (Å²) >= 11 is 0. The van der Waals surface area contributed by atoms with E-state index >= 15 is 0 Å². The highest BCUT2D eigenvalue weighted by Crippen LogP contribution is 2.21. The second-order valence-electron chi connectivity index (χ2n) is 8.47. The van der Waals surface area contributed by atoms with E-state index < -0.39 is 10.0 Å². The molecule has 0 saturated carbocycles. The van der Waals surface area contributed by atoms with Crippen molar-refractivity contribution in [2.75, 3.05) is 45.8 Å². The van der Waals surface area contributed by atoms with Gasteiger partial charge < -0.3 is 4.90 Å². The summed E-state index contributed by atoms with van der Waals surface area (Å²) in [5.41, 5.74) is 1.13. The van der Waals surface area contributed by atoms with Crippen LogP contribution in [0.5, 0.6) is 0 Å². The van der Waals surface area contributed by atoms with Crippen molar-refractivity contribution in [3.05, 3.63) is 29.8 Å². The lowest BCUT2D eigenvalue weighted by atomic mass is 9.99. The van der Waals surface area contributed by atoms with Crippen LogP contribution in [0.2, 0.25) is 0 Å². The van der Waals surface area contributed by atoms with Gasteiger partial charge in [0.1, 0.15) is 0 Å². The SMILES string of the molecule is CC1CCN(C(=O)CN2CCN(S(=O)(=O)c3ccc(C(C)C)cc3)CC2)CC1. The molecule has 2 fully saturated rings. The van der Waals surface area contributed by atoms with Crippen LogP contribution in [0.1, 0.15) is 45.1 Å². The number of rotatable bonds is 5. The van der Waals surface area contributed by atoms with Crippen molar-refractivity contribution in [2.45, 2.75) is 44.4 Å². The van der Waals surface area contributed by atoms with Gasteiger partial charge in [0.05, 0.1) is 11.4 Å². The molecule has 1 amide bonds. The molecule has 156 valence electrons. The molecule has 6 nitrogen and oxygen atoms in total. The number of nitrogens with zero attached hydrogens (tertiary/aromatic N) is 3. The van der Waals surface area contributed by atoms with Crippen molar-refractivity contribution < 1.29 is 13.2 Å². The van der Waals surface area contributed by atoms with Gasteiger partial charge in [0.25, 0.3) is 0 Å². The van der Waals surface area contributed by atoms with E-state index in [1.807, 2.05) is 17.0 Å². The predicted molar refractivity (Wildman–Crippen MR) is 111 cm³/mol. The highest BCUT2D eigenvalue weighted by atomic mass is 32.2. The summed E-state index contributed by atoms with van der Waals surface area (Å²) in [6.07, 6.45) is 2.15. The molecule has 1 aromatic rings. The Hall–Kier alpha value is -1.44. The smallest absolute Gasteiger partial charge is 0.243 e. The molecule has 2 saturated heterocycles. The molecule has 2 aliphatic rings. The molecule has 28 heavy (non-hydrogen) atoms. The van der Waals surface area contributed by atoms with Gasteiger partial charge in [0.2, 0.25) is 15.9 Å². The first kappa shape index (κ1) is 21.3. The number of carbonyl (C=O) groups is 1. The molecular formula is C21H33N3O3S. The van der Waals surface area contributed by atoms with Gasteiger partial charge in [-0.05, 0) is 42.4 Å². The lowest BCUT2D eigenvalue weighted by Crippen LogP contribution is -2.52. The summed E-state index contributed by atoms with van der Waals surface area (Å²) in [7, 11) is -3.47. The minimum Gasteiger partial charge on any atom is -0.342 e. The van der Waals surface area contributed by atoms with E-state index in [4.69, 9.17) is 0 Å². The molecule has 1 aromatic carbocycles. The van der Waals surface area contributed by atoms with Crippen LogP contribution in [0, 0.1) is 5.92 Å². The molecule has 0 atom stereocenters. The van der Waals surface area contributed by atoms with Gasteiger partial charge >= 0.3 is 0 Å². The summed E-state index contributed by atoms with van der Waals surface area (Å²) < 4.78 is 27.4. The molecule has 2 aliphatic heterocycles. The number of benzene rings is 1. The summed E-state index contributed by atoms with van der Waals surface area (Å²) in [6.45, 7) is 10.6. The normalized spacial score (nSPS) is 20.6. The van der Waals surface area contributed by atoms with E-state index in [1.54, 1.807) is 16.4 Å². The summed E-state index contributed by atoms with van der Waals surface area (Å²) in [5.74, 6) is 1.25. The van der Waals surface area contributed by atoms with Crippen molar-refractivity contribution in [1.29, 1.82) is 0 Å². The van der Waals surface area contributed by atoms with Gasteiger partial charge in [-0.1, -0.05) is 32.9 Å². The fourth-order valence-corrected chi connectivity index (χ4v) is 5.27. The molecule has 0 N–H and O–H groups in total. The average molecular weight is 408 g/mol. The van der Waals surface area contributed by atoms with E-state index in [-0.39, 0.29) is 5.91 Å². The third-order valence-corrected chi connectivity index (χ3v) is 7.92. The van der Waals surface area contributed by atoms with Crippen molar-refractivity contribution >= 4 is 15.9 Å². The lowest BCUT2D eigenvalue weighted by Gasteiger charge is -2.36. The van der Waals surface area contributed by atoms with Crippen LogP contribution in [0.15, 0.2) is 29.2 Å². The Labute approximate surface area is 169 Å². The molecule has 0 aliphatic carbocycles. The van der Waals surface area contributed by atoms with E-state index in [2.05, 4.69) is 25.7 Å². The zero-order valence-electron chi connectivity index (χ0n) is 17.3. The molecule has 7 heteroatoms. The first-order chi connectivity index (χ1) is 13.3. The molecular weight excluding hydrogens is 374 g/mol. The summed E-state index contributed by atoms with van der Waals surface area (Å²) in [4.78, 5) is 16.9. The van der Waals surface area contributed by atoms with Gasteiger partial charge in [-0.3, -0.25) is 9.69 Å². The number of amides is 1. The first-order valence-corrected chi connectivity index (χ1v) is 11.8. The number of hydrogen-bond donors (Lipinski definition) is 0. The predicted octanol–water partition coefficient (Wildman–Crippen LogP) is 2.37. The summed E-state index contributed by atoms with van der Waals surface area (Å²) in [6, 6.07) is 7.20. The monoisotopic (exact) mass is 407 g/mol. The van der Waals surface area contributed by atoms with E-state index in [0.717, 1.165) is 31.5 Å². The largest absolute Gasteiger partial charge is 0.342 e. The second kappa shape index (κ2) is 8.93. The van der Waals surface area contributed by atoms with Crippen molar-refractivity contribution in [1.82, 2.24) is 14.1 Å². The Kier molecular flexibility index (Phi) is 6.78. The molecule has 3 rings (SSSR count). The summed E-state index contributed by atoms with van der Waals surface area (Å²) in [5, 5.41) is 0. The molecule has 0 bridgehead atoms. The van der Waals surface area contributed by atoms with Crippen LogP contribution in [-0.2, 0) is 14.8 Å². The van der Waals surface area contributed by atoms with Gasteiger partial charge in [-0.15, -0.1) is 0 Å². The molecule has 0 radical (unpaired) electrons. The Morgan fingerprint density at radius 1 is 1.00 bits per heavy atom. The number of hydrogen-bond acceptors (Lipinski definition) is 4. The van der Waals surface area contributed by atoms with Crippen LogP contribution in [0.4, 0.5) is 0 Å². The standard InChI is InChI=1S/C21H33N3O3S/c1-17(2)19-4-6-20(7-5-19)28(26,27)24-14-12-22(13-15-24)16-21(25)23-10-8-18(3)9-11-23/h4-7,17-18H,8-16H2,1-3H3. The maximum atomic E-state index is 12.9. The number of piperazine rings is 1. The molecule has 0 unspecified atom stereocenters. The fourth-order valence-electron chi connectivity index (χ4n) is 3.85. The lowest BCUT2D eigenvalue weighted by molar-refractivity contribution is -0.134. The molecule has 0 aromatic heterocycles. The highest BCUT2D eigenvalue weighted by molar-refractivity contribution is 7.89. The molecule has 0 spiro atoms. The first-order valence-electron chi connectivity index (χ1n) is 10.4. The second-order valence-corrected chi connectivity index (χ2v) is 10.4. The van der Waals surface area contributed by atoms with Gasteiger partial charge in [0, 0.05) is 39.3 Å². The van der Waals surface area contributed by atoms with Gasteiger partial charge in [-0.2, -0.15) is 4.31 Å². The number of sulfonamides is 1. The number of carbonyl (C=O) groups excluding carboxylic acids is 1. The van der Waals surface area contributed by atoms with Crippen molar-refractivity contribution in [2.24, 2.45) is 5.92 Å². The molecule has 2 heterocycles. The number of likely N-dealkylation sites (tertiary alicyclic amines) is 1. The quantitative estimate of drug-likeness (QED) is 0.752. The highest BCUT2D eigenvalue weighted by Gasteiger charge is 2.30. The maximum absolute atomic E-state index is 12.9. The van der Waals surface area contributed by atoms with E-state index in [9.17, 15) is 13.2 Å². The Morgan fingerprint density at radius 3 is 2.11 bits per heavy atom. The third kappa shape index (κ3) is 4.93. The topological polar surface area (TPSA) is 60.9 Å². The van der Waals surface area contributed by atoms with Crippen LogP contribution in [0.3, 0.4) is 0 Å². The minimum atomic E-state index is -3.47. The number of piperidine rings is 1. The van der Waals surface area contributed by atoms with Crippen LogP contribution >= 0.6 is 0 Å². The Balaban J connectivity index is 1.53. The van der Waals surface area contributed by atoms with Crippen LogP contribution in [0.25, 0.3) is 0 Å². The third-order valence-electron chi connectivity index (χ3n) is 6.01. The van der Waals surface area contributed by atoms with E-state index in [0.29, 0.717) is 49.5 Å². The zero-order chi connectivity index (χ0) is 20.3. The van der Waals surface area contributed by atoms with Crippen molar-refractivity contribution in [3.8, 4) is 0 Å². The van der Waals surface area contributed by atoms with Gasteiger partial charge in [-0.25, -0.2) is 8.42 Å². The fraction of sp³-hybridized carbons (Fsp3) is 0.667. The zero-order valence-corrected chi connectivity index (χ0v) is 18.1. The van der Waals surface area contributed by atoms with Crippen molar-refractivity contribution in [3.63, 3.8) is 0 Å². The van der Waals surface area contributed by atoms with E-state index in [1.165, 1.54) is 0 Å². The van der Waals surface area contributed by atoms with Crippen LogP contribution in [-0.4, -0.2) is 74.2 Å².